The number of nitrogens with one attached hydrogen (secondary N) is 1. The standard InChI is InChI=1S/C23H29N3O2/c1-3-19-8-4-5-9-22(19)26(18(2)27)17-14-23(28)24-20-10-12-21(13-11-20)25-15-6-7-16-25/h4-5,8-13H,3,6-7,14-17H2,1-2H3,(H,24,28). The first-order chi connectivity index (χ1) is 13.6. The van der Waals surface area contributed by atoms with Gasteiger partial charge >= 0.3 is 0 Å². The highest BCUT2D eigenvalue weighted by Crippen LogP contribution is 2.23. The van der Waals surface area contributed by atoms with E-state index >= 15 is 0 Å². The molecule has 1 heterocycles. The molecule has 0 atom stereocenters. The molecule has 2 amide bonds. The number of rotatable bonds is 7. The summed E-state index contributed by atoms with van der Waals surface area (Å²) in [5, 5.41) is 2.94. The number of hydrogen-bond acceptors (Lipinski definition) is 3. The Labute approximate surface area is 167 Å². The highest BCUT2D eigenvalue weighted by molar-refractivity contribution is 5.95. The SMILES string of the molecule is CCc1ccccc1N(CCC(=O)Nc1ccc(N2CCCC2)cc1)C(C)=O. The van der Waals surface area contributed by atoms with E-state index in [1.54, 1.807) is 11.8 Å². The van der Waals surface area contributed by atoms with E-state index in [2.05, 4.69) is 29.3 Å². The maximum Gasteiger partial charge on any atom is 0.226 e. The second-order valence-electron chi connectivity index (χ2n) is 7.19. The largest absolute Gasteiger partial charge is 0.372 e. The van der Waals surface area contributed by atoms with Crippen molar-refractivity contribution < 1.29 is 9.59 Å². The molecule has 0 saturated carbocycles. The van der Waals surface area contributed by atoms with Crippen molar-refractivity contribution in [2.24, 2.45) is 0 Å². The van der Waals surface area contributed by atoms with Crippen LogP contribution >= 0.6 is 0 Å². The molecule has 1 N–H and O–H groups in total. The third-order valence-corrected chi connectivity index (χ3v) is 5.23. The van der Waals surface area contributed by atoms with E-state index in [4.69, 9.17) is 0 Å². The third kappa shape index (κ3) is 4.91. The van der Waals surface area contributed by atoms with E-state index in [1.165, 1.54) is 18.5 Å². The van der Waals surface area contributed by atoms with Gasteiger partial charge in [-0.1, -0.05) is 25.1 Å². The molecule has 1 aliphatic heterocycles. The molecule has 3 rings (SSSR count). The fourth-order valence-electron chi connectivity index (χ4n) is 3.69. The van der Waals surface area contributed by atoms with Crippen molar-refractivity contribution in [3.8, 4) is 0 Å². The summed E-state index contributed by atoms with van der Waals surface area (Å²) < 4.78 is 0. The average molecular weight is 380 g/mol. The maximum absolute atomic E-state index is 12.4. The first-order valence-corrected chi connectivity index (χ1v) is 10.1. The minimum Gasteiger partial charge on any atom is -0.372 e. The number of carbonyl (C=O) groups excluding carboxylic acids is 2. The van der Waals surface area contributed by atoms with Gasteiger partial charge in [-0.15, -0.1) is 0 Å². The molecule has 5 heteroatoms. The van der Waals surface area contributed by atoms with Crippen molar-refractivity contribution >= 4 is 28.9 Å². The van der Waals surface area contributed by atoms with Gasteiger partial charge in [0, 0.05) is 50.0 Å². The summed E-state index contributed by atoms with van der Waals surface area (Å²) in [4.78, 5) is 28.6. The number of amides is 2. The van der Waals surface area contributed by atoms with E-state index in [1.807, 2.05) is 36.4 Å². The molecule has 1 fully saturated rings. The van der Waals surface area contributed by atoms with Crippen molar-refractivity contribution in [2.45, 2.75) is 39.5 Å². The van der Waals surface area contributed by atoms with E-state index in [9.17, 15) is 9.59 Å². The van der Waals surface area contributed by atoms with E-state index < -0.39 is 0 Å². The fraction of sp³-hybridized carbons (Fsp3) is 0.391. The normalized spacial score (nSPS) is 13.4. The number of nitrogens with zero attached hydrogens (tertiary/aromatic N) is 2. The Balaban J connectivity index is 1.58. The minimum absolute atomic E-state index is 0.0522. The van der Waals surface area contributed by atoms with Gasteiger partial charge in [0.15, 0.2) is 0 Å². The molecule has 1 saturated heterocycles. The van der Waals surface area contributed by atoms with Crippen molar-refractivity contribution in [3.05, 3.63) is 54.1 Å². The molecule has 1 aliphatic rings. The molecule has 0 bridgehead atoms. The molecule has 0 unspecified atom stereocenters. The number of aryl methyl sites for hydroxylation is 1. The summed E-state index contributed by atoms with van der Waals surface area (Å²) in [6.07, 6.45) is 3.58. The zero-order chi connectivity index (χ0) is 19.9. The first-order valence-electron chi connectivity index (χ1n) is 10.1. The highest BCUT2D eigenvalue weighted by Gasteiger charge is 2.16. The van der Waals surface area contributed by atoms with Crippen LogP contribution in [0, 0.1) is 0 Å². The molecular formula is C23H29N3O2. The molecule has 2 aromatic carbocycles. The first kappa shape index (κ1) is 19.9. The topological polar surface area (TPSA) is 52.7 Å². The number of anilines is 3. The van der Waals surface area contributed by atoms with Crippen LogP contribution in [0.3, 0.4) is 0 Å². The van der Waals surface area contributed by atoms with Crippen LogP contribution in [-0.2, 0) is 16.0 Å². The second kappa shape index (κ2) is 9.40. The summed E-state index contributed by atoms with van der Waals surface area (Å²) in [6.45, 7) is 6.18. The predicted octanol–water partition coefficient (Wildman–Crippen LogP) is 4.23. The monoisotopic (exact) mass is 379 g/mol. The Morgan fingerprint density at radius 3 is 2.36 bits per heavy atom. The molecular weight excluding hydrogens is 350 g/mol. The molecule has 0 aliphatic carbocycles. The van der Waals surface area contributed by atoms with Crippen LogP contribution in [-0.4, -0.2) is 31.4 Å². The minimum atomic E-state index is -0.0887. The van der Waals surface area contributed by atoms with Crippen LogP contribution in [0.25, 0.3) is 0 Å². The van der Waals surface area contributed by atoms with Crippen LogP contribution in [0.2, 0.25) is 0 Å². The predicted molar refractivity (Wildman–Crippen MR) is 115 cm³/mol. The molecule has 0 radical (unpaired) electrons. The number of hydrogen-bond donors (Lipinski definition) is 1. The lowest BCUT2D eigenvalue weighted by molar-refractivity contribution is -0.117. The Hall–Kier alpha value is -2.82. The lowest BCUT2D eigenvalue weighted by Crippen LogP contribution is -2.32. The summed E-state index contributed by atoms with van der Waals surface area (Å²) >= 11 is 0. The van der Waals surface area contributed by atoms with Gasteiger partial charge in [0.2, 0.25) is 11.8 Å². The van der Waals surface area contributed by atoms with Gasteiger partial charge in [0.25, 0.3) is 0 Å². The maximum atomic E-state index is 12.4. The number of para-hydroxylation sites is 1. The summed E-state index contributed by atoms with van der Waals surface area (Å²) in [6, 6.07) is 15.9. The van der Waals surface area contributed by atoms with Crippen molar-refractivity contribution in [1.29, 1.82) is 0 Å². The van der Waals surface area contributed by atoms with Gasteiger partial charge in [0.1, 0.15) is 0 Å². The van der Waals surface area contributed by atoms with Gasteiger partial charge in [-0.05, 0) is 55.2 Å². The average Bonchev–Trinajstić information content (AvgIpc) is 3.23. The highest BCUT2D eigenvalue weighted by atomic mass is 16.2. The van der Waals surface area contributed by atoms with Gasteiger partial charge in [0.05, 0.1) is 0 Å². The quantitative estimate of drug-likeness (QED) is 0.783. The molecule has 28 heavy (non-hydrogen) atoms. The zero-order valence-corrected chi connectivity index (χ0v) is 16.8. The summed E-state index contributed by atoms with van der Waals surface area (Å²) in [7, 11) is 0. The van der Waals surface area contributed by atoms with Crippen LogP contribution < -0.4 is 15.1 Å². The number of carbonyl (C=O) groups is 2. The lowest BCUT2D eigenvalue weighted by atomic mass is 10.1. The molecule has 148 valence electrons. The van der Waals surface area contributed by atoms with Crippen molar-refractivity contribution in [1.82, 2.24) is 0 Å². The van der Waals surface area contributed by atoms with Crippen molar-refractivity contribution in [2.75, 3.05) is 34.8 Å². The van der Waals surface area contributed by atoms with Gasteiger partial charge < -0.3 is 15.1 Å². The molecule has 5 nitrogen and oxygen atoms in total. The summed E-state index contributed by atoms with van der Waals surface area (Å²) in [5.74, 6) is -0.141. The van der Waals surface area contributed by atoms with Crippen LogP contribution in [0.1, 0.15) is 38.7 Å². The molecule has 0 aromatic heterocycles. The van der Waals surface area contributed by atoms with E-state index in [-0.39, 0.29) is 18.2 Å². The Bertz CT molecular complexity index is 811. The van der Waals surface area contributed by atoms with Gasteiger partial charge in [-0.3, -0.25) is 9.59 Å². The van der Waals surface area contributed by atoms with Crippen LogP contribution in [0.15, 0.2) is 48.5 Å². The lowest BCUT2D eigenvalue weighted by Gasteiger charge is -2.23. The van der Waals surface area contributed by atoms with Crippen LogP contribution in [0.4, 0.5) is 17.1 Å². The Morgan fingerprint density at radius 1 is 1.04 bits per heavy atom. The Kier molecular flexibility index (Phi) is 6.69. The number of benzene rings is 2. The Morgan fingerprint density at radius 2 is 1.71 bits per heavy atom. The second-order valence-corrected chi connectivity index (χ2v) is 7.19. The fourth-order valence-corrected chi connectivity index (χ4v) is 3.69. The zero-order valence-electron chi connectivity index (χ0n) is 16.8. The molecule has 0 spiro atoms. The third-order valence-electron chi connectivity index (χ3n) is 5.23. The van der Waals surface area contributed by atoms with Gasteiger partial charge in [-0.25, -0.2) is 0 Å². The van der Waals surface area contributed by atoms with Crippen LogP contribution in [0.5, 0.6) is 0 Å². The van der Waals surface area contributed by atoms with E-state index in [0.29, 0.717) is 6.54 Å². The summed E-state index contributed by atoms with van der Waals surface area (Å²) in [5.41, 5.74) is 3.99. The van der Waals surface area contributed by atoms with Gasteiger partial charge in [-0.2, -0.15) is 0 Å². The van der Waals surface area contributed by atoms with E-state index in [0.717, 1.165) is 36.4 Å². The smallest absolute Gasteiger partial charge is 0.226 e. The molecule has 2 aromatic rings. The van der Waals surface area contributed by atoms with Crippen molar-refractivity contribution in [3.63, 3.8) is 0 Å².